The summed E-state index contributed by atoms with van der Waals surface area (Å²) in [6.07, 6.45) is 5.66. The molecule has 0 radical (unpaired) electrons. The normalized spacial score (nSPS) is 17.5. The van der Waals surface area contributed by atoms with Crippen molar-refractivity contribution in [3.63, 3.8) is 0 Å². The smallest absolute Gasteiger partial charge is 0.245 e. The van der Waals surface area contributed by atoms with Gasteiger partial charge in [0.25, 0.3) is 0 Å². The third-order valence-electron chi connectivity index (χ3n) is 4.46. The van der Waals surface area contributed by atoms with E-state index in [0.29, 0.717) is 11.8 Å². The molecule has 0 spiro atoms. The molecule has 1 aliphatic carbocycles. The van der Waals surface area contributed by atoms with Crippen LogP contribution in [0, 0.1) is 0 Å². The molecule has 4 rings (SSSR count). The summed E-state index contributed by atoms with van der Waals surface area (Å²) in [5, 5.41) is 0.859. The third kappa shape index (κ3) is 2.89. The first kappa shape index (κ1) is 14.5. The Hall–Kier alpha value is -2.13. The lowest BCUT2D eigenvalue weighted by molar-refractivity contribution is 0.496. The van der Waals surface area contributed by atoms with Crippen molar-refractivity contribution in [2.75, 3.05) is 0 Å². The van der Waals surface area contributed by atoms with Gasteiger partial charge in [-0.25, -0.2) is 4.98 Å². The minimum atomic E-state index is 0.464. The number of rotatable bonds is 2. The lowest BCUT2D eigenvalue weighted by atomic mass is 9.91. The van der Waals surface area contributed by atoms with Crippen LogP contribution in [0.1, 0.15) is 35.8 Å². The average molecular weight is 325 g/mol. The second kappa shape index (κ2) is 6.17. The van der Waals surface area contributed by atoms with Gasteiger partial charge in [0.05, 0.1) is 5.69 Å². The van der Waals surface area contributed by atoms with Crippen molar-refractivity contribution in [3.05, 3.63) is 70.7 Å². The monoisotopic (exact) mass is 324 g/mol. The van der Waals surface area contributed by atoms with Gasteiger partial charge in [0.15, 0.2) is 0 Å². The molecule has 0 saturated carbocycles. The summed E-state index contributed by atoms with van der Waals surface area (Å²) in [6.45, 7) is 0. The molecular weight excluding hydrogens is 308 g/mol. The topological polar surface area (TPSA) is 38.9 Å². The lowest BCUT2D eigenvalue weighted by Gasteiger charge is -2.15. The zero-order valence-corrected chi connectivity index (χ0v) is 13.5. The highest BCUT2D eigenvalue weighted by atomic mass is 35.5. The van der Waals surface area contributed by atoms with E-state index in [0.717, 1.165) is 47.9 Å². The molecule has 0 amide bonds. The molecule has 1 atom stereocenters. The molecule has 0 saturated heterocycles. The number of aromatic nitrogens is 2. The van der Waals surface area contributed by atoms with Crippen LogP contribution in [0.3, 0.4) is 0 Å². The van der Waals surface area contributed by atoms with Gasteiger partial charge in [0.1, 0.15) is 11.5 Å². The van der Waals surface area contributed by atoms with E-state index in [-0.39, 0.29) is 0 Å². The minimum Gasteiger partial charge on any atom is -0.440 e. The molecule has 0 fully saturated rings. The highest BCUT2D eigenvalue weighted by Gasteiger charge is 2.24. The molecule has 3 nitrogen and oxygen atoms in total. The summed E-state index contributed by atoms with van der Waals surface area (Å²) >= 11 is 6.35. The summed E-state index contributed by atoms with van der Waals surface area (Å²) < 4.78 is 5.98. The zero-order valence-electron chi connectivity index (χ0n) is 12.7. The number of halogens is 1. The predicted molar refractivity (Wildman–Crippen MR) is 90.6 cm³/mol. The van der Waals surface area contributed by atoms with Gasteiger partial charge < -0.3 is 4.42 Å². The summed E-state index contributed by atoms with van der Waals surface area (Å²) in [5.41, 5.74) is 3.10. The van der Waals surface area contributed by atoms with Crippen LogP contribution in [0.4, 0.5) is 0 Å². The average Bonchev–Trinajstić information content (AvgIpc) is 2.90. The van der Waals surface area contributed by atoms with Crippen LogP contribution in [0.5, 0.6) is 0 Å². The van der Waals surface area contributed by atoms with E-state index >= 15 is 0 Å². The summed E-state index contributed by atoms with van der Waals surface area (Å²) in [7, 11) is 0. The van der Waals surface area contributed by atoms with Crippen molar-refractivity contribution in [1.82, 2.24) is 9.97 Å². The van der Waals surface area contributed by atoms with Crippen molar-refractivity contribution < 1.29 is 4.42 Å². The Kier molecular flexibility index (Phi) is 3.88. The highest BCUT2D eigenvalue weighted by Crippen LogP contribution is 2.36. The zero-order chi connectivity index (χ0) is 15.6. The van der Waals surface area contributed by atoms with Gasteiger partial charge in [-0.2, -0.15) is 0 Å². The van der Waals surface area contributed by atoms with Crippen molar-refractivity contribution in [2.45, 2.75) is 31.6 Å². The highest BCUT2D eigenvalue weighted by molar-refractivity contribution is 6.31. The molecule has 0 bridgehead atoms. The Balaban J connectivity index is 1.57. The Bertz CT molecular complexity index is 788. The molecule has 0 aliphatic heterocycles. The van der Waals surface area contributed by atoms with Gasteiger partial charge >= 0.3 is 0 Å². The SMILES string of the molecule is Clc1ccccc1C1CCc2nc(-c3ccccn3)oc2CC1. The van der Waals surface area contributed by atoms with Gasteiger partial charge in [0, 0.05) is 17.6 Å². The number of aryl methyl sites for hydroxylation is 2. The van der Waals surface area contributed by atoms with E-state index in [1.54, 1.807) is 6.20 Å². The molecule has 0 N–H and O–H groups in total. The fraction of sp³-hybridized carbons (Fsp3) is 0.263. The summed E-state index contributed by atoms with van der Waals surface area (Å²) in [4.78, 5) is 8.99. The van der Waals surface area contributed by atoms with Crippen LogP contribution in [-0.4, -0.2) is 9.97 Å². The number of nitrogens with zero attached hydrogens (tertiary/aromatic N) is 2. The maximum absolute atomic E-state index is 6.35. The predicted octanol–water partition coefficient (Wildman–Crippen LogP) is 5.05. The fourth-order valence-electron chi connectivity index (χ4n) is 3.25. The van der Waals surface area contributed by atoms with Crippen molar-refractivity contribution >= 4 is 11.6 Å². The second-order valence-corrected chi connectivity index (χ2v) is 6.31. The van der Waals surface area contributed by atoms with Crippen LogP contribution >= 0.6 is 11.6 Å². The van der Waals surface area contributed by atoms with Gasteiger partial charge in [-0.15, -0.1) is 0 Å². The molecule has 1 unspecified atom stereocenters. The van der Waals surface area contributed by atoms with Crippen molar-refractivity contribution in [3.8, 4) is 11.6 Å². The van der Waals surface area contributed by atoms with E-state index < -0.39 is 0 Å². The van der Waals surface area contributed by atoms with E-state index in [4.69, 9.17) is 16.0 Å². The van der Waals surface area contributed by atoms with E-state index in [1.165, 1.54) is 5.56 Å². The van der Waals surface area contributed by atoms with Gasteiger partial charge in [-0.1, -0.05) is 35.9 Å². The van der Waals surface area contributed by atoms with Crippen LogP contribution in [-0.2, 0) is 12.8 Å². The molecule has 23 heavy (non-hydrogen) atoms. The molecule has 4 heteroatoms. The maximum atomic E-state index is 6.35. The number of oxazole rings is 1. The minimum absolute atomic E-state index is 0.464. The molecule has 2 heterocycles. The number of fused-ring (bicyclic) bond motifs is 1. The van der Waals surface area contributed by atoms with Crippen molar-refractivity contribution in [1.29, 1.82) is 0 Å². The number of hydrogen-bond acceptors (Lipinski definition) is 3. The molecule has 116 valence electrons. The number of pyridine rings is 1. The number of hydrogen-bond donors (Lipinski definition) is 0. The molecule has 1 aliphatic rings. The summed E-state index contributed by atoms with van der Waals surface area (Å²) in [6, 6.07) is 13.9. The lowest BCUT2D eigenvalue weighted by Crippen LogP contribution is -2.00. The Morgan fingerprint density at radius 3 is 2.65 bits per heavy atom. The van der Waals surface area contributed by atoms with Crippen LogP contribution < -0.4 is 0 Å². The van der Waals surface area contributed by atoms with Crippen LogP contribution in [0.2, 0.25) is 5.02 Å². The van der Waals surface area contributed by atoms with Crippen LogP contribution in [0.25, 0.3) is 11.6 Å². The maximum Gasteiger partial charge on any atom is 0.245 e. The standard InChI is InChI=1S/C19H17ClN2O/c20-15-6-2-1-5-14(15)13-8-10-16-18(11-9-13)23-19(22-16)17-7-3-4-12-21-17/h1-7,12-13H,8-11H2. The Morgan fingerprint density at radius 2 is 1.83 bits per heavy atom. The fourth-order valence-corrected chi connectivity index (χ4v) is 3.54. The molecule has 1 aromatic carbocycles. The van der Waals surface area contributed by atoms with Crippen molar-refractivity contribution in [2.24, 2.45) is 0 Å². The van der Waals surface area contributed by atoms with Gasteiger partial charge in [-0.3, -0.25) is 4.98 Å². The second-order valence-electron chi connectivity index (χ2n) is 5.90. The largest absolute Gasteiger partial charge is 0.440 e. The van der Waals surface area contributed by atoms with Crippen LogP contribution in [0.15, 0.2) is 53.1 Å². The summed E-state index contributed by atoms with van der Waals surface area (Å²) in [5.74, 6) is 2.10. The van der Waals surface area contributed by atoms with E-state index in [2.05, 4.69) is 22.1 Å². The van der Waals surface area contributed by atoms with E-state index in [1.807, 2.05) is 30.3 Å². The first-order valence-corrected chi connectivity index (χ1v) is 8.33. The first-order valence-electron chi connectivity index (χ1n) is 7.95. The van der Waals surface area contributed by atoms with Gasteiger partial charge in [0.2, 0.25) is 5.89 Å². The Labute approximate surface area is 140 Å². The number of benzene rings is 1. The molecular formula is C19H17ClN2O. The molecule has 3 aromatic rings. The first-order chi connectivity index (χ1) is 11.3. The third-order valence-corrected chi connectivity index (χ3v) is 4.80. The van der Waals surface area contributed by atoms with Gasteiger partial charge in [-0.05, 0) is 48.9 Å². The quantitative estimate of drug-likeness (QED) is 0.619. The Morgan fingerprint density at radius 1 is 1.00 bits per heavy atom. The molecule has 2 aromatic heterocycles. The van der Waals surface area contributed by atoms with E-state index in [9.17, 15) is 0 Å².